The number of hydrogen-bond donors (Lipinski definition) is 2. The monoisotopic (exact) mass is 415 g/mol. The van der Waals surface area contributed by atoms with Crippen LogP contribution in [0.1, 0.15) is 12.5 Å². The molecule has 1 fully saturated rings. The molecule has 8 nitrogen and oxygen atoms in total. The van der Waals surface area contributed by atoms with E-state index in [1.165, 1.54) is 12.1 Å². The molecule has 1 heterocycles. The zero-order valence-corrected chi connectivity index (χ0v) is 16.9. The lowest BCUT2D eigenvalue weighted by molar-refractivity contribution is -0.149. The van der Waals surface area contributed by atoms with Gasteiger partial charge in [-0.15, -0.1) is 0 Å². The average Bonchev–Trinajstić information content (AvgIpc) is 2.62. The van der Waals surface area contributed by atoms with E-state index in [0.29, 0.717) is 31.9 Å². The molecule has 2 rings (SSSR count). The summed E-state index contributed by atoms with van der Waals surface area (Å²) in [6.07, 6.45) is 0.563. The number of rotatable bonds is 8. The van der Waals surface area contributed by atoms with E-state index in [2.05, 4.69) is 5.32 Å². The Morgan fingerprint density at radius 1 is 1.33 bits per heavy atom. The van der Waals surface area contributed by atoms with Crippen LogP contribution in [-0.2, 0) is 30.8 Å². The lowest BCUT2D eigenvalue weighted by atomic mass is 10.1. The number of hydrogen-bond acceptors (Lipinski definition) is 7. The first-order chi connectivity index (χ1) is 12.8. The molecule has 150 valence electrons. The van der Waals surface area contributed by atoms with Crippen LogP contribution >= 0.6 is 11.8 Å². The highest BCUT2D eigenvalue weighted by molar-refractivity contribution is 7.99. The molecule has 0 radical (unpaired) electrons. The van der Waals surface area contributed by atoms with E-state index in [1.54, 1.807) is 30.8 Å². The number of esters is 1. The lowest BCUT2D eigenvalue weighted by Gasteiger charge is -2.32. The molecule has 1 aliphatic heterocycles. The number of sulfonamides is 1. The number of carbonyl (C=O) groups excluding carboxylic acids is 2. The molecule has 0 spiro atoms. The van der Waals surface area contributed by atoms with Crippen molar-refractivity contribution in [3.63, 3.8) is 0 Å². The minimum Gasteiger partial charge on any atom is -0.465 e. The SMILES string of the molecule is CCOC(=O)[C@H]1CSCCN1CC(=O)NCCc1ccc(S(N)(=O)=O)cc1. The zero-order valence-electron chi connectivity index (χ0n) is 15.2. The molecular formula is C17H25N3O5S2. The van der Waals surface area contributed by atoms with Crippen LogP contribution in [-0.4, -0.2) is 69.0 Å². The summed E-state index contributed by atoms with van der Waals surface area (Å²) < 4.78 is 27.6. The molecule has 1 aliphatic rings. The third kappa shape index (κ3) is 6.80. The molecule has 0 aliphatic carbocycles. The highest BCUT2D eigenvalue weighted by Gasteiger charge is 2.31. The molecule has 1 atom stereocenters. The van der Waals surface area contributed by atoms with Crippen LogP contribution in [0.25, 0.3) is 0 Å². The molecule has 1 saturated heterocycles. The van der Waals surface area contributed by atoms with Crippen molar-refractivity contribution in [1.29, 1.82) is 0 Å². The Hall–Kier alpha value is -1.62. The lowest BCUT2D eigenvalue weighted by Crippen LogP contribution is -2.51. The fraction of sp³-hybridized carbons (Fsp3) is 0.529. The Morgan fingerprint density at radius 3 is 2.67 bits per heavy atom. The summed E-state index contributed by atoms with van der Waals surface area (Å²) in [5, 5.41) is 7.90. The summed E-state index contributed by atoms with van der Waals surface area (Å²) in [6.45, 7) is 3.32. The highest BCUT2D eigenvalue weighted by atomic mass is 32.2. The quantitative estimate of drug-likeness (QED) is 0.573. The van der Waals surface area contributed by atoms with Crippen LogP contribution in [0.15, 0.2) is 29.2 Å². The van der Waals surface area contributed by atoms with Gasteiger partial charge in [0.1, 0.15) is 6.04 Å². The molecule has 1 amide bonds. The van der Waals surface area contributed by atoms with Gasteiger partial charge in [0.15, 0.2) is 0 Å². The third-order valence-corrected chi connectivity index (χ3v) is 6.08. The van der Waals surface area contributed by atoms with Crippen LogP contribution in [0.5, 0.6) is 0 Å². The van der Waals surface area contributed by atoms with Crippen LogP contribution in [0.3, 0.4) is 0 Å². The number of nitrogens with two attached hydrogens (primary N) is 1. The molecule has 0 bridgehead atoms. The van der Waals surface area contributed by atoms with E-state index in [0.717, 1.165) is 11.3 Å². The summed E-state index contributed by atoms with van der Waals surface area (Å²) in [5.41, 5.74) is 0.890. The van der Waals surface area contributed by atoms with Crippen LogP contribution in [0.2, 0.25) is 0 Å². The second-order valence-corrected chi connectivity index (χ2v) is 8.81. The molecule has 3 N–H and O–H groups in total. The van der Waals surface area contributed by atoms with Gasteiger partial charge in [0, 0.05) is 24.6 Å². The number of ether oxygens (including phenoxy) is 1. The summed E-state index contributed by atoms with van der Waals surface area (Å²) in [7, 11) is -3.70. The van der Waals surface area contributed by atoms with Gasteiger partial charge >= 0.3 is 5.97 Å². The minimum absolute atomic E-state index is 0.0586. The predicted octanol–water partition coefficient (Wildman–Crippen LogP) is -0.0268. The van der Waals surface area contributed by atoms with Gasteiger partial charge in [-0.3, -0.25) is 14.5 Å². The van der Waals surface area contributed by atoms with E-state index >= 15 is 0 Å². The van der Waals surface area contributed by atoms with Gasteiger partial charge in [-0.1, -0.05) is 12.1 Å². The number of carbonyl (C=O) groups is 2. The van der Waals surface area contributed by atoms with Gasteiger partial charge in [0.2, 0.25) is 15.9 Å². The Bertz CT molecular complexity index is 752. The number of nitrogens with zero attached hydrogens (tertiary/aromatic N) is 1. The maximum atomic E-state index is 12.2. The molecule has 27 heavy (non-hydrogen) atoms. The fourth-order valence-electron chi connectivity index (χ4n) is 2.72. The van der Waals surface area contributed by atoms with Gasteiger partial charge in [-0.2, -0.15) is 11.8 Å². The van der Waals surface area contributed by atoms with E-state index < -0.39 is 10.0 Å². The van der Waals surface area contributed by atoms with E-state index in [4.69, 9.17) is 9.88 Å². The van der Waals surface area contributed by atoms with Crippen molar-refractivity contribution in [3.8, 4) is 0 Å². The second kappa shape index (κ2) is 10.1. The Kier molecular flexibility index (Phi) is 8.08. The normalized spacial score (nSPS) is 18.1. The Balaban J connectivity index is 1.80. The number of nitrogens with one attached hydrogen (secondary N) is 1. The highest BCUT2D eigenvalue weighted by Crippen LogP contribution is 2.17. The van der Waals surface area contributed by atoms with E-state index in [1.807, 2.05) is 4.90 Å². The van der Waals surface area contributed by atoms with Gasteiger partial charge in [-0.25, -0.2) is 13.6 Å². The van der Waals surface area contributed by atoms with Gasteiger partial charge in [0.25, 0.3) is 0 Å². The first-order valence-electron chi connectivity index (χ1n) is 8.68. The smallest absolute Gasteiger partial charge is 0.324 e. The largest absolute Gasteiger partial charge is 0.465 e. The van der Waals surface area contributed by atoms with E-state index in [9.17, 15) is 18.0 Å². The van der Waals surface area contributed by atoms with Crippen LogP contribution < -0.4 is 10.5 Å². The maximum absolute atomic E-state index is 12.2. The molecule has 10 heteroatoms. The molecule has 0 saturated carbocycles. The molecule has 0 aromatic heterocycles. The van der Waals surface area contributed by atoms with Crippen molar-refractivity contribution in [1.82, 2.24) is 10.2 Å². The number of benzene rings is 1. The standard InChI is InChI=1S/C17H25N3O5S2/c1-2-25-17(22)15-12-26-10-9-20(15)11-16(21)19-8-7-13-3-5-14(6-4-13)27(18,23)24/h3-6,15H,2,7-12H2,1H3,(H,19,21)(H2,18,23,24)/t15-/m1/s1. The first kappa shape index (κ1) is 21.7. The van der Waals surface area contributed by atoms with Gasteiger partial charge in [-0.05, 0) is 31.0 Å². The van der Waals surface area contributed by atoms with Crippen molar-refractivity contribution in [2.24, 2.45) is 5.14 Å². The fourth-order valence-corrected chi connectivity index (χ4v) is 4.33. The average molecular weight is 416 g/mol. The number of amides is 1. The van der Waals surface area contributed by atoms with Crippen LogP contribution in [0.4, 0.5) is 0 Å². The van der Waals surface area contributed by atoms with Crippen molar-refractivity contribution < 1.29 is 22.7 Å². The first-order valence-corrected chi connectivity index (χ1v) is 11.4. The molecule has 1 aromatic rings. The topological polar surface area (TPSA) is 119 Å². The Labute approximate surface area is 163 Å². The number of thioether (sulfide) groups is 1. The summed E-state index contributed by atoms with van der Waals surface area (Å²) in [6, 6.07) is 5.85. The van der Waals surface area contributed by atoms with Crippen molar-refractivity contribution in [2.75, 3.05) is 37.7 Å². The van der Waals surface area contributed by atoms with Gasteiger partial charge < -0.3 is 10.1 Å². The van der Waals surface area contributed by atoms with Crippen molar-refractivity contribution in [3.05, 3.63) is 29.8 Å². The summed E-state index contributed by atoms with van der Waals surface area (Å²) >= 11 is 1.68. The third-order valence-electron chi connectivity index (χ3n) is 4.13. The second-order valence-electron chi connectivity index (χ2n) is 6.10. The molecular weight excluding hydrogens is 390 g/mol. The molecule has 0 unspecified atom stereocenters. The maximum Gasteiger partial charge on any atom is 0.324 e. The number of primary sulfonamides is 1. The van der Waals surface area contributed by atoms with Crippen molar-refractivity contribution >= 4 is 33.7 Å². The van der Waals surface area contributed by atoms with Crippen LogP contribution in [0, 0.1) is 0 Å². The predicted molar refractivity (Wildman–Crippen MR) is 104 cm³/mol. The Morgan fingerprint density at radius 2 is 2.04 bits per heavy atom. The minimum atomic E-state index is -3.70. The van der Waals surface area contributed by atoms with Gasteiger partial charge in [0.05, 0.1) is 18.0 Å². The molecule has 1 aromatic carbocycles. The summed E-state index contributed by atoms with van der Waals surface area (Å²) in [4.78, 5) is 26.1. The summed E-state index contributed by atoms with van der Waals surface area (Å²) in [5.74, 6) is 1.06. The van der Waals surface area contributed by atoms with Crippen molar-refractivity contribution in [2.45, 2.75) is 24.3 Å². The zero-order chi connectivity index (χ0) is 19.9. The van der Waals surface area contributed by atoms with E-state index in [-0.39, 0.29) is 29.4 Å².